The van der Waals surface area contributed by atoms with Gasteiger partial charge < -0.3 is 4.55 Å². The Morgan fingerprint density at radius 2 is 1.77 bits per heavy atom. The van der Waals surface area contributed by atoms with E-state index in [0.717, 1.165) is 6.07 Å². The van der Waals surface area contributed by atoms with Crippen LogP contribution in [0.25, 0.3) is 0 Å². The summed E-state index contributed by atoms with van der Waals surface area (Å²) in [5.41, 5.74) is 0. The molecule has 0 aromatic heterocycles. The average molecular weight is 233 g/mol. The predicted molar refractivity (Wildman–Crippen MR) is 44.4 cm³/mol. The zero-order valence-corrected chi connectivity index (χ0v) is 8.95. The summed E-state index contributed by atoms with van der Waals surface area (Å²) in [6.45, 7) is 0. The van der Waals surface area contributed by atoms with Gasteiger partial charge in [0, 0.05) is 5.02 Å². The molecule has 0 amide bonds. The van der Waals surface area contributed by atoms with Crippen molar-refractivity contribution in [1.29, 1.82) is 0 Å². The van der Waals surface area contributed by atoms with E-state index in [-0.39, 0.29) is 28.9 Å². The van der Waals surface area contributed by atoms with Gasteiger partial charge in [-0.2, -0.15) is 0 Å². The molecule has 0 N–H and O–H groups in total. The molecule has 7 heteroatoms. The molecule has 1 rings (SSSR count). The Balaban J connectivity index is 0.00000144. The fraction of sp³-hybridized carbons (Fsp3) is 0. The number of benzene rings is 1. The minimum absolute atomic E-state index is 0. The Hall–Kier alpha value is 0.307. The van der Waals surface area contributed by atoms with Gasteiger partial charge in [-0.25, -0.2) is 8.42 Å². The third-order valence-corrected chi connectivity index (χ3v) is 2.72. The van der Waals surface area contributed by atoms with E-state index < -0.39 is 15.0 Å². The van der Waals surface area contributed by atoms with Gasteiger partial charge in [-0.05, 0) is 18.2 Å². The molecule has 1 aromatic carbocycles. The summed E-state index contributed by atoms with van der Waals surface area (Å²) in [6.07, 6.45) is 0. The first-order valence-electron chi connectivity index (χ1n) is 2.82. The molecule has 3 nitrogen and oxygen atoms in total. The van der Waals surface area contributed by atoms with E-state index in [2.05, 4.69) is 0 Å². The topological polar surface area (TPSA) is 57.2 Å². The van der Waals surface area contributed by atoms with Gasteiger partial charge in [-0.1, -0.05) is 23.2 Å². The van der Waals surface area contributed by atoms with Crippen LogP contribution in [0, 0.1) is 0 Å². The molecule has 0 bridgehead atoms. The Labute approximate surface area is 98.0 Å². The third-order valence-electron chi connectivity index (χ3n) is 1.16. The minimum atomic E-state index is -4.49. The molecule has 66 valence electrons. The van der Waals surface area contributed by atoms with Crippen LogP contribution in [0.4, 0.5) is 0 Å². The second-order valence-corrected chi connectivity index (χ2v) is 4.22. The van der Waals surface area contributed by atoms with Gasteiger partial charge in [0.05, 0.1) is 9.92 Å². The Morgan fingerprint density at radius 3 is 2.15 bits per heavy atom. The first kappa shape index (κ1) is 13.3. The van der Waals surface area contributed by atoms with Crippen molar-refractivity contribution in [1.82, 2.24) is 0 Å². The molecule has 13 heavy (non-hydrogen) atoms. The van der Waals surface area contributed by atoms with Gasteiger partial charge in [0.25, 0.3) is 0 Å². The van der Waals surface area contributed by atoms with E-state index in [0.29, 0.717) is 0 Å². The fourth-order valence-electron chi connectivity index (χ4n) is 0.678. The molecule has 0 fully saturated rings. The molecule has 0 unspecified atom stereocenters. The van der Waals surface area contributed by atoms with Gasteiger partial charge >= 0.3 is 18.9 Å². The molecule has 0 aliphatic carbocycles. The molecule has 0 atom stereocenters. The van der Waals surface area contributed by atoms with Gasteiger partial charge in [-0.15, -0.1) is 0 Å². The van der Waals surface area contributed by atoms with E-state index in [1.54, 1.807) is 0 Å². The number of hydrogen-bond acceptors (Lipinski definition) is 3. The fourth-order valence-corrected chi connectivity index (χ4v) is 1.90. The van der Waals surface area contributed by atoms with Crippen molar-refractivity contribution >= 4 is 33.3 Å². The summed E-state index contributed by atoms with van der Waals surface area (Å²) in [6, 6.07) is 3.57. The van der Waals surface area contributed by atoms with E-state index in [1.165, 1.54) is 12.1 Å². The summed E-state index contributed by atoms with van der Waals surface area (Å²) >= 11 is 10.9. The molecule has 0 heterocycles. The summed E-state index contributed by atoms with van der Waals surface area (Å²) < 4.78 is 31.4. The predicted octanol–water partition coefficient (Wildman–Crippen LogP) is -1.10. The van der Waals surface area contributed by atoms with Crippen LogP contribution in [0.1, 0.15) is 0 Å². The second kappa shape index (κ2) is 4.70. The maximum Gasteiger partial charge on any atom is 1.00 e. The van der Waals surface area contributed by atoms with Crippen molar-refractivity contribution in [3.05, 3.63) is 28.2 Å². The third kappa shape index (κ3) is 3.51. The van der Waals surface area contributed by atoms with Crippen LogP contribution in [0.2, 0.25) is 10.0 Å². The molecule has 0 aliphatic rings. The minimum Gasteiger partial charge on any atom is -0.744 e. The van der Waals surface area contributed by atoms with Crippen molar-refractivity contribution in [2.75, 3.05) is 0 Å². The van der Waals surface area contributed by atoms with Crippen molar-refractivity contribution in [3.63, 3.8) is 0 Å². The normalized spacial score (nSPS) is 10.7. The SMILES string of the molecule is O=S(=O)([O-])c1ccc(Cl)cc1Cl.[Li+]. The van der Waals surface area contributed by atoms with Crippen molar-refractivity contribution < 1.29 is 31.8 Å². The van der Waals surface area contributed by atoms with E-state index >= 15 is 0 Å². The van der Waals surface area contributed by atoms with Crippen LogP contribution in [-0.4, -0.2) is 13.0 Å². The van der Waals surface area contributed by atoms with Crippen LogP contribution >= 0.6 is 23.2 Å². The van der Waals surface area contributed by atoms with Gasteiger partial charge in [0.1, 0.15) is 10.1 Å². The Morgan fingerprint density at radius 1 is 1.23 bits per heavy atom. The summed E-state index contributed by atoms with van der Waals surface area (Å²) in [4.78, 5) is -0.450. The summed E-state index contributed by atoms with van der Waals surface area (Å²) in [7, 11) is -4.49. The quantitative estimate of drug-likeness (QED) is 0.457. The van der Waals surface area contributed by atoms with Crippen molar-refractivity contribution in [2.45, 2.75) is 4.90 Å². The number of hydrogen-bond donors (Lipinski definition) is 0. The zero-order valence-electron chi connectivity index (χ0n) is 6.62. The van der Waals surface area contributed by atoms with Crippen LogP contribution in [0.3, 0.4) is 0 Å². The summed E-state index contributed by atoms with van der Waals surface area (Å²) in [5, 5.41) is 0.130. The molecule has 0 spiro atoms. The average Bonchev–Trinajstić information content (AvgIpc) is 1.83. The Kier molecular flexibility index (Phi) is 4.81. The first-order chi connectivity index (χ1) is 5.41. The molecule has 0 saturated carbocycles. The summed E-state index contributed by atoms with van der Waals surface area (Å²) in [5.74, 6) is 0. The van der Waals surface area contributed by atoms with Crippen LogP contribution < -0.4 is 18.9 Å². The van der Waals surface area contributed by atoms with Gasteiger partial charge in [-0.3, -0.25) is 0 Å². The van der Waals surface area contributed by atoms with Gasteiger partial charge in [0.2, 0.25) is 0 Å². The van der Waals surface area contributed by atoms with Crippen molar-refractivity contribution in [3.8, 4) is 0 Å². The van der Waals surface area contributed by atoms with Crippen LogP contribution in [0.5, 0.6) is 0 Å². The van der Waals surface area contributed by atoms with E-state index in [9.17, 15) is 13.0 Å². The maximum absolute atomic E-state index is 10.5. The standard InChI is InChI=1S/C6H4Cl2O3S.Li/c7-4-1-2-6(5(8)3-4)12(9,10)11;/h1-3H,(H,9,10,11);/q;+1/p-1. The molecular formula is C6H3Cl2LiO3S. The number of halogens is 2. The first-order valence-corrected chi connectivity index (χ1v) is 4.98. The van der Waals surface area contributed by atoms with Crippen LogP contribution in [-0.2, 0) is 10.1 Å². The van der Waals surface area contributed by atoms with E-state index in [1.807, 2.05) is 0 Å². The molecule has 0 aliphatic heterocycles. The molecular weight excluding hydrogens is 230 g/mol. The zero-order chi connectivity index (χ0) is 9.35. The number of rotatable bonds is 1. The van der Waals surface area contributed by atoms with Crippen LogP contribution in [0.15, 0.2) is 23.1 Å². The maximum atomic E-state index is 10.5. The van der Waals surface area contributed by atoms with E-state index in [4.69, 9.17) is 23.2 Å². The smallest absolute Gasteiger partial charge is 0.744 e. The van der Waals surface area contributed by atoms with Crippen molar-refractivity contribution in [2.24, 2.45) is 0 Å². The molecule has 0 saturated heterocycles. The van der Waals surface area contributed by atoms with Gasteiger partial charge in [0.15, 0.2) is 0 Å². The monoisotopic (exact) mass is 232 g/mol. The largest absolute Gasteiger partial charge is 1.00 e. The Bertz CT molecular complexity index is 404. The molecule has 0 radical (unpaired) electrons. The second-order valence-electron chi connectivity index (χ2n) is 2.03. The molecule has 1 aromatic rings.